The summed E-state index contributed by atoms with van der Waals surface area (Å²) in [6, 6.07) is 19.9. The SMILES string of the molecule is N#Cc1ccccc1NC(=O)CCN1CCC(Cc2ccccc2)CC1. The molecule has 2 aromatic carbocycles. The molecule has 1 N–H and O–H groups in total. The van der Waals surface area contributed by atoms with Crippen LogP contribution in [0.1, 0.15) is 30.4 Å². The van der Waals surface area contributed by atoms with Gasteiger partial charge in [0.15, 0.2) is 0 Å². The van der Waals surface area contributed by atoms with Crippen molar-refractivity contribution in [1.82, 2.24) is 4.90 Å². The summed E-state index contributed by atoms with van der Waals surface area (Å²) in [6.07, 6.45) is 3.99. The quantitative estimate of drug-likeness (QED) is 0.864. The van der Waals surface area contributed by atoms with Crippen molar-refractivity contribution in [2.45, 2.75) is 25.7 Å². The van der Waals surface area contributed by atoms with Crippen molar-refractivity contribution in [2.24, 2.45) is 5.92 Å². The van der Waals surface area contributed by atoms with E-state index in [1.807, 2.05) is 6.07 Å². The van der Waals surface area contributed by atoms with Crippen molar-refractivity contribution in [3.63, 3.8) is 0 Å². The van der Waals surface area contributed by atoms with Crippen LogP contribution >= 0.6 is 0 Å². The monoisotopic (exact) mass is 347 g/mol. The molecule has 4 nitrogen and oxygen atoms in total. The Morgan fingerprint density at radius 3 is 2.50 bits per heavy atom. The smallest absolute Gasteiger partial charge is 0.225 e. The fourth-order valence-electron chi connectivity index (χ4n) is 3.52. The molecule has 0 aromatic heterocycles. The van der Waals surface area contributed by atoms with Crippen molar-refractivity contribution >= 4 is 11.6 Å². The van der Waals surface area contributed by atoms with Crippen LogP contribution in [0.25, 0.3) is 0 Å². The molecule has 0 aliphatic carbocycles. The lowest BCUT2D eigenvalue weighted by Gasteiger charge is -2.31. The lowest BCUT2D eigenvalue weighted by molar-refractivity contribution is -0.116. The zero-order valence-corrected chi connectivity index (χ0v) is 15.0. The van der Waals surface area contributed by atoms with Gasteiger partial charge in [-0.25, -0.2) is 0 Å². The van der Waals surface area contributed by atoms with Crippen molar-refractivity contribution in [2.75, 3.05) is 25.0 Å². The molecule has 0 spiro atoms. The summed E-state index contributed by atoms with van der Waals surface area (Å²) >= 11 is 0. The Bertz CT molecular complexity index is 758. The van der Waals surface area contributed by atoms with E-state index < -0.39 is 0 Å². The van der Waals surface area contributed by atoms with Crippen LogP contribution in [0, 0.1) is 17.2 Å². The Hall–Kier alpha value is -2.64. The Balaban J connectivity index is 1.39. The number of likely N-dealkylation sites (tertiary alicyclic amines) is 1. The molecular formula is C22H25N3O. The molecule has 1 aliphatic rings. The minimum absolute atomic E-state index is 0.0286. The zero-order chi connectivity index (χ0) is 18.2. The maximum atomic E-state index is 12.2. The summed E-state index contributed by atoms with van der Waals surface area (Å²) in [4.78, 5) is 14.6. The lowest BCUT2D eigenvalue weighted by atomic mass is 9.90. The van der Waals surface area contributed by atoms with Gasteiger partial charge in [0.05, 0.1) is 11.3 Å². The van der Waals surface area contributed by atoms with Crippen LogP contribution in [0.2, 0.25) is 0 Å². The number of carbonyl (C=O) groups is 1. The number of amides is 1. The molecule has 1 saturated heterocycles. The molecule has 2 aromatic rings. The average Bonchev–Trinajstić information content (AvgIpc) is 2.69. The maximum Gasteiger partial charge on any atom is 0.225 e. The number of carbonyl (C=O) groups excluding carboxylic acids is 1. The highest BCUT2D eigenvalue weighted by Gasteiger charge is 2.20. The van der Waals surface area contributed by atoms with Crippen molar-refractivity contribution in [1.29, 1.82) is 5.26 Å². The molecule has 134 valence electrons. The molecule has 0 atom stereocenters. The standard InChI is InChI=1S/C22H25N3O/c23-17-20-8-4-5-9-21(20)24-22(26)12-15-25-13-10-19(11-14-25)16-18-6-2-1-3-7-18/h1-9,19H,10-16H2,(H,24,26). The second kappa shape index (κ2) is 9.17. The zero-order valence-electron chi connectivity index (χ0n) is 15.0. The van der Waals surface area contributed by atoms with Gasteiger partial charge in [-0.05, 0) is 56.0 Å². The van der Waals surface area contributed by atoms with Crippen LogP contribution in [-0.2, 0) is 11.2 Å². The van der Waals surface area contributed by atoms with E-state index in [-0.39, 0.29) is 5.91 Å². The molecule has 26 heavy (non-hydrogen) atoms. The number of piperidine rings is 1. The molecule has 0 unspecified atom stereocenters. The van der Waals surface area contributed by atoms with Gasteiger partial charge >= 0.3 is 0 Å². The first-order valence-corrected chi connectivity index (χ1v) is 9.30. The van der Waals surface area contributed by atoms with Gasteiger partial charge < -0.3 is 10.2 Å². The number of para-hydroxylation sites is 1. The highest BCUT2D eigenvalue weighted by molar-refractivity contribution is 5.92. The Kier molecular flexibility index (Phi) is 6.40. The van der Waals surface area contributed by atoms with E-state index in [0.29, 0.717) is 17.7 Å². The van der Waals surface area contributed by atoms with Crippen LogP contribution in [-0.4, -0.2) is 30.4 Å². The number of hydrogen-bond donors (Lipinski definition) is 1. The maximum absolute atomic E-state index is 12.2. The fourth-order valence-corrected chi connectivity index (χ4v) is 3.52. The van der Waals surface area contributed by atoms with Crippen LogP contribution in [0.3, 0.4) is 0 Å². The number of benzene rings is 2. The predicted octanol–water partition coefficient (Wildman–Crippen LogP) is 3.84. The fraction of sp³-hybridized carbons (Fsp3) is 0.364. The second-order valence-corrected chi connectivity index (χ2v) is 6.93. The van der Waals surface area contributed by atoms with Gasteiger partial charge in [-0.1, -0.05) is 42.5 Å². The lowest BCUT2D eigenvalue weighted by Crippen LogP contribution is -2.36. The number of rotatable bonds is 6. The van der Waals surface area contributed by atoms with Crippen LogP contribution in [0.5, 0.6) is 0 Å². The largest absolute Gasteiger partial charge is 0.325 e. The van der Waals surface area contributed by atoms with E-state index in [4.69, 9.17) is 5.26 Å². The molecule has 0 bridgehead atoms. The normalized spacial score (nSPS) is 15.3. The third kappa shape index (κ3) is 5.18. The van der Waals surface area contributed by atoms with Gasteiger partial charge in [-0.2, -0.15) is 5.26 Å². The molecule has 1 fully saturated rings. The highest BCUT2D eigenvalue weighted by Crippen LogP contribution is 2.22. The van der Waals surface area contributed by atoms with Crippen molar-refractivity contribution < 1.29 is 4.79 Å². The van der Waals surface area contributed by atoms with Gasteiger partial charge in [-0.15, -0.1) is 0 Å². The topological polar surface area (TPSA) is 56.1 Å². The van der Waals surface area contributed by atoms with Gasteiger partial charge in [0.2, 0.25) is 5.91 Å². The molecule has 1 aliphatic heterocycles. The van der Waals surface area contributed by atoms with Crippen LogP contribution in [0.15, 0.2) is 54.6 Å². The van der Waals surface area contributed by atoms with E-state index in [1.54, 1.807) is 18.2 Å². The molecule has 1 amide bonds. The number of nitrogens with one attached hydrogen (secondary N) is 1. The molecule has 0 saturated carbocycles. The first-order chi connectivity index (χ1) is 12.7. The number of hydrogen-bond acceptors (Lipinski definition) is 3. The summed E-state index contributed by atoms with van der Waals surface area (Å²) in [5.41, 5.74) is 2.52. The predicted molar refractivity (Wildman–Crippen MR) is 104 cm³/mol. The van der Waals surface area contributed by atoms with Crippen LogP contribution in [0.4, 0.5) is 5.69 Å². The summed E-state index contributed by atoms with van der Waals surface area (Å²) < 4.78 is 0. The van der Waals surface area contributed by atoms with Gasteiger partial charge in [-0.3, -0.25) is 4.79 Å². The Morgan fingerprint density at radius 2 is 1.77 bits per heavy atom. The van der Waals surface area contributed by atoms with Gasteiger partial charge in [0, 0.05) is 13.0 Å². The summed E-state index contributed by atoms with van der Waals surface area (Å²) in [6.45, 7) is 2.89. The van der Waals surface area contributed by atoms with Crippen molar-refractivity contribution in [3.05, 3.63) is 65.7 Å². The molecule has 0 radical (unpaired) electrons. The first-order valence-electron chi connectivity index (χ1n) is 9.30. The first kappa shape index (κ1) is 18.2. The van der Waals surface area contributed by atoms with Gasteiger partial charge in [0.25, 0.3) is 0 Å². The second-order valence-electron chi connectivity index (χ2n) is 6.93. The van der Waals surface area contributed by atoms with Crippen LogP contribution < -0.4 is 5.32 Å². The molecule has 3 rings (SSSR count). The Labute approximate surface area is 155 Å². The summed E-state index contributed by atoms with van der Waals surface area (Å²) in [7, 11) is 0. The summed E-state index contributed by atoms with van der Waals surface area (Å²) in [5.74, 6) is 0.712. The Morgan fingerprint density at radius 1 is 1.08 bits per heavy atom. The molecule has 4 heteroatoms. The number of anilines is 1. The van der Waals surface area contributed by atoms with E-state index >= 15 is 0 Å². The van der Waals surface area contributed by atoms with Crippen molar-refractivity contribution in [3.8, 4) is 6.07 Å². The number of nitriles is 1. The third-order valence-electron chi connectivity index (χ3n) is 5.05. The van der Waals surface area contributed by atoms with E-state index in [9.17, 15) is 4.79 Å². The minimum atomic E-state index is -0.0286. The molecule has 1 heterocycles. The van der Waals surface area contributed by atoms with E-state index in [0.717, 1.165) is 32.0 Å². The minimum Gasteiger partial charge on any atom is -0.325 e. The van der Waals surface area contributed by atoms with E-state index in [2.05, 4.69) is 46.6 Å². The third-order valence-corrected chi connectivity index (χ3v) is 5.05. The summed E-state index contributed by atoms with van der Waals surface area (Å²) in [5, 5.41) is 11.9. The highest BCUT2D eigenvalue weighted by atomic mass is 16.1. The van der Waals surface area contributed by atoms with Gasteiger partial charge in [0.1, 0.15) is 6.07 Å². The number of nitrogens with zero attached hydrogens (tertiary/aromatic N) is 2. The molecular weight excluding hydrogens is 322 g/mol. The average molecular weight is 347 g/mol. The van der Waals surface area contributed by atoms with E-state index in [1.165, 1.54) is 18.4 Å².